The van der Waals surface area contributed by atoms with Crippen LogP contribution < -0.4 is 4.90 Å². The van der Waals surface area contributed by atoms with Crippen molar-refractivity contribution in [1.82, 2.24) is 4.98 Å². The van der Waals surface area contributed by atoms with Crippen molar-refractivity contribution in [3.63, 3.8) is 0 Å². The van der Waals surface area contributed by atoms with Gasteiger partial charge in [0.15, 0.2) is 0 Å². The van der Waals surface area contributed by atoms with Gasteiger partial charge < -0.3 is 5.11 Å². The van der Waals surface area contributed by atoms with E-state index in [9.17, 15) is 9.59 Å². The standard InChI is InChI=1S/C13H11ClN2O3S/c1-8-15-11(7-20-8)13(19)16(6-12(17)18)10-4-2-9(14)3-5-10/h2-5,7H,6H2,1H3,(H,17,18). The number of anilines is 1. The van der Waals surface area contributed by atoms with Crippen LogP contribution in [0.4, 0.5) is 5.69 Å². The molecule has 0 aliphatic heterocycles. The third-order valence-electron chi connectivity index (χ3n) is 2.51. The van der Waals surface area contributed by atoms with Crippen LogP contribution in [0.2, 0.25) is 5.02 Å². The Kier molecular flexibility index (Phi) is 4.36. The van der Waals surface area contributed by atoms with Gasteiger partial charge in [-0.1, -0.05) is 11.6 Å². The smallest absolute Gasteiger partial charge is 0.323 e. The number of carboxylic acid groups (broad SMARTS) is 1. The molecule has 1 heterocycles. The van der Waals surface area contributed by atoms with E-state index in [0.717, 1.165) is 9.91 Å². The van der Waals surface area contributed by atoms with Gasteiger partial charge in [-0.25, -0.2) is 4.98 Å². The number of carbonyl (C=O) groups excluding carboxylic acids is 1. The zero-order chi connectivity index (χ0) is 14.7. The van der Waals surface area contributed by atoms with Crippen LogP contribution in [0.25, 0.3) is 0 Å². The van der Waals surface area contributed by atoms with Gasteiger partial charge in [-0.05, 0) is 31.2 Å². The molecular formula is C13H11ClN2O3S. The predicted octanol–water partition coefficient (Wildman–Crippen LogP) is 2.84. The lowest BCUT2D eigenvalue weighted by Crippen LogP contribution is -2.35. The molecule has 1 amide bonds. The van der Waals surface area contributed by atoms with Crippen LogP contribution in [0.1, 0.15) is 15.5 Å². The Labute approximate surface area is 124 Å². The van der Waals surface area contributed by atoms with Crippen molar-refractivity contribution in [1.29, 1.82) is 0 Å². The van der Waals surface area contributed by atoms with E-state index in [0.29, 0.717) is 10.7 Å². The molecule has 0 bridgehead atoms. The number of carboxylic acids is 1. The van der Waals surface area contributed by atoms with Gasteiger partial charge >= 0.3 is 5.97 Å². The molecule has 2 rings (SSSR count). The number of aliphatic carboxylic acids is 1. The summed E-state index contributed by atoms with van der Waals surface area (Å²) in [4.78, 5) is 28.6. The Morgan fingerprint density at radius 3 is 2.50 bits per heavy atom. The lowest BCUT2D eigenvalue weighted by Gasteiger charge is -2.19. The van der Waals surface area contributed by atoms with Crippen LogP contribution in [0, 0.1) is 6.92 Å². The first-order valence-electron chi connectivity index (χ1n) is 5.68. The summed E-state index contributed by atoms with van der Waals surface area (Å²) in [6, 6.07) is 6.40. The minimum Gasteiger partial charge on any atom is -0.480 e. The topological polar surface area (TPSA) is 70.5 Å². The number of nitrogens with zero attached hydrogens (tertiary/aromatic N) is 2. The van der Waals surface area contributed by atoms with E-state index < -0.39 is 18.4 Å². The molecule has 1 N–H and O–H groups in total. The summed E-state index contributed by atoms with van der Waals surface area (Å²) in [6.07, 6.45) is 0. The zero-order valence-corrected chi connectivity index (χ0v) is 12.1. The Hall–Kier alpha value is -1.92. The van der Waals surface area contributed by atoms with Crippen LogP contribution in [0.15, 0.2) is 29.6 Å². The van der Waals surface area contributed by atoms with Gasteiger partial charge in [-0.3, -0.25) is 14.5 Å². The highest BCUT2D eigenvalue weighted by molar-refractivity contribution is 7.09. The zero-order valence-electron chi connectivity index (χ0n) is 10.5. The minimum atomic E-state index is -1.10. The fourth-order valence-electron chi connectivity index (χ4n) is 1.64. The van der Waals surface area contributed by atoms with Crippen LogP contribution in [0.5, 0.6) is 0 Å². The average Bonchev–Trinajstić information content (AvgIpc) is 2.83. The number of rotatable bonds is 4. The highest BCUT2D eigenvalue weighted by Crippen LogP contribution is 2.20. The summed E-state index contributed by atoms with van der Waals surface area (Å²) in [7, 11) is 0. The number of hydrogen-bond donors (Lipinski definition) is 1. The van der Waals surface area contributed by atoms with Gasteiger partial charge in [0.2, 0.25) is 0 Å². The summed E-state index contributed by atoms with van der Waals surface area (Å²) in [6.45, 7) is 1.35. The molecule has 1 aromatic carbocycles. The predicted molar refractivity (Wildman–Crippen MR) is 77.6 cm³/mol. The second kappa shape index (κ2) is 6.02. The van der Waals surface area contributed by atoms with Crippen molar-refractivity contribution in [2.75, 3.05) is 11.4 Å². The summed E-state index contributed by atoms with van der Waals surface area (Å²) >= 11 is 7.13. The summed E-state index contributed by atoms with van der Waals surface area (Å²) in [5.74, 6) is -1.54. The first-order chi connectivity index (χ1) is 9.47. The third kappa shape index (κ3) is 3.34. The molecule has 104 valence electrons. The van der Waals surface area contributed by atoms with E-state index in [1.54, 1.807) is 36.6 Å². The number of hydrogen-bond acceptors (Lipinski definition) is 4. The van der Waals surface area contributed by atoms with Gasteiger partial charge in [-0.15, -0.1) is 11.3 Å². The largest absolute Gasteiger partial charge is 0.480 e. The second-order valence-electron chi connectivity index (χ2n) is 4.01. The van der Waals surface area contributed by atoms with Crippen LogP contribution in [0.3, 0.4) is 0 Å². The second-order valence-corrected chi connectivity index (χ2v) is 5.51. The Morgan fingerprint density at radius 1 is 1.35 bits per heavy atom. The van der Waals surface area contributed by atoms with Gasteiger partial charge in [0.25, 0.3) is 5.91 Å². The van der Waals surface area contributed by atoms with E-state index in [1.807, 2.05) is 0 Å². The number of carbonyl (C=O) groups is 2. The van der Waals surface area contributed by atoms with Crippen molar-refractivity contribution >= 4 is 40.5 Å². The molecule has 5 nitrogen and oxygen atoms in total. The van der Waals surface area contributed by atoms with E-state index in [2.05, 4.69) is 4.98 Å². The Morgan fingerprint density at radius 2 is 2.00 bits per heavy atom. The molecule has 0 unspecified atom stereocenters. The molecule has 0 radical (unpaired) electrons. The molecule has 0 spiro atoms. The Bertz CT molecular complexity index is 639. The number of benzene rings is 1. The van der Waals surface area contributed by atoms with Gasteiger partial charge in [0.1, 0.15) is 12.2 Å². The summed E-state index contributed by atoms with van der Waals surface area (Å²) in [5.41, 5.74) is 0.705. The number of amides is 1. The lowest BCUT2D eigenvalue weighted by atomic mass is 10.2. The fraction of sp³-hybridized carbons (Fsp3) is 0.154. The minimum absolute atomic E-state index is 0.240. The van der Waals surface area contributed by atoms with Gasteiger partial charge in [-0.2, -0.15) is 0 Å². The van der Waals surface area contributed by atoms with Gasteiger partial charge in [0.05, 0.1) is 5.01 Å². The monoisotopic (exact) mass is 310 g/mol. The van der Waals surface area contributed by atoms with Crippen molar-refractivity contribution in [3.05, 3.63) is 45.4 Å². The maximum atomic E-state index is 12.4. The highest BCUT2D eigenvalue weighted by Gasteiger charge is 2.22. The molecule has 0 saturated carbocycles. The number of thiazole rings is 1. The van der Waals surface area contributed by atoms with Crippen LogP contribution in [-0.4, -0.2) is 28.5 Å². The molecule has 0 aliphatic carbocycles. The van der Waals surface area contributed by atoms with Crippen molar-refractivity contribution in [2.45, 2.75) is 6.92 Å². The van der Waals surface area contributed by atoms with Crippen LogP contribution in [-0.2, 0) is 4.79 Å². The molecule has 0 atom stereocenters. The molecule has 0 fully saturated rings. The molecule has 7 heteroatoms. The van der Waals surface area contributed by atoms with E-state index in [1.165, 1.54) is 11.3 Å². The molecular weight excluding hydrogens is 300 g/mol. The average molecular weight is 311 g/mol. The molecule has 20 heavy (non-hydrogen) atoms. The fourth-order valence-corrected chi connectivity index (χ4v) is 2.35. The van der Waals surface area contributed by atoms with Gasteiger partial charge in [0, 0.05) is 16.1 Å². The summed E-state index contributed by atoms with van der Waals surface area (Å²) in [5, 5.41) is 11.8. The third-order valence-corrected chi connectivity index (χ3v) is 3.54. The number of aryl methyl sites for hydroxylation is 1. The van der Waals surface area contributed by atoms with Crippen molar-refractivity contribution < 1.29 is 14.7 Å². The summed E-state index contributed by atoms with van der Waals surface area (Å²) < 4.78 is 0. The molecule has 2 aromatic rings. The number of aromatic nitrogens is 1. The quantitative estimate of drug-likeness (QED) is 0.942. The van der Waals surface area contributed by atoms with E-state index in [-0.39, 0.29) is 5.69 Å². The van der Waals surface area contributed by atoms with Crippen LogP contribution >= 0.6 is 22.9 Å². The first kappa shape index (κ1) is 14.5. The normalized spacial score (nSPS) is 10.3. The Balaban J connectivity index is 2.34. The maximum Gasteiger partial charge on any atom is 0.323 e. The molecule has 1 aromatic heterocycles. The highest BCUT2D eigenvalue weighted by atomic mass is 35.5. The van der Waals surface area contributed by atoms with Crippen molar-refractivity contribution in [3.8, 4) is 0 Å². The lowest BCUT2D eigenvalue weighted by molar-refractivity contribution is -0.135. The van der Waals surface area contributed by atoms with Crippen molar-refractivity contribution in [2.24, 2.45) is 0 Å². The van der Waals surface area contributed by atoms with E-state index >= 15 is 0 Å². The molecule has 0 aliphatic rings. The number of halogens is 1. The molecule has 0 saturated heterocycles. The van der Waals surface area contributed by atoms with E-state index in [4.69, 9.17) is 16.7 Å². The SMILES string of the molecule is Cc1nc(C(=O)N(CC(=O)O)c2ccc(Cl)cc2)cs1. The maximum absolute atomic E-state index is 12.4. The first-order valence-corrected chi connectivity index (χ1v) is 6.94.